The average molecular weight is 465 g/mol. The Morgan fingerprint density at radius 1 is 0.806 bits per heavy atom. The van der Waals surface area contributed by atoms with Crippen molar-refractivity contribution in [2.75, 3.05) is 19.8 Å². The zero-order valence-corrected chi connectivity index (χ0v) is 22.1. The quantitative estimate of drug-likeness (QED) is 0.126. The number of hydrogen-bond acceptors (Lipinski definition) is 7. The second kappa shape index (κ2) is 15.7. The zero-order chi connectivity index (χ0) is 23.2. The van der Waals surface area contributed by atoms with Crippen molar-refractivity contribution < 1.29 is 32.2 Å². The summed E-state index contributed by atoms with van der Waals surface area (Å²) in [6.07, 6.45) is 7.36. The molecule has 0 aromatic rings. The molecule has 0 spiro atoms. The molecule has 0 bridgehead atoms. The Morgan fingerprint density at radius 2 is 1.29 bits per heavy atom. The van der Waals surface area contributed by atoms with E-state index in [4.69, 9.17) is 32.2 Å². The van der Waals surface area contributed by atoms with Crippen LogP contribution in [0.1, 0.15) is 106 Å². The van der Waals surface area contributed by atoms with E-state index in [9.17, 15) is 0 Å². The van der Waals surface area contributed by atoms with Gasteiger partial charge in [-0.3, -0.25) is 14.2 Å². The van der Waals surface area contributed by atoms with Gasteiger partial charge < -0.3 is 18.0 Å². The van der Waals surface area contributed by atoms with Crippen LogP contribution < -0.4 is 0 Å². The third-order valence-corrected chi connectivity index (χ3v) is 8.24. The number of hydrogen-bond donors (Lipinski definition) is 0. The van der Waals surface area contributed by atoms with Crippen LogP contribution in [0.3, 0.4) is 0 Å². The van der Waals surface area contributed by atoms with Crippen LogP contribution in [0, 0.1) is 0 Å². The van der Waals surface area contributed by atoms with Gasteiger partial charge in [0.1, 0.15) is 5.73 Å². The first kappa shape index (κ1) is 29.0. The van der Waals surface area contributed by atoms with Crippen LogP contribution in [-0.4, -0.2) is 52.9 Å². The van der Waals surface area contributed by atoms with Crippen molar-refractivity contribution in [3.8, 4) is 0 Å². The van der Waals surface area contributed by atoms with Crippen molar-refractivity contribution in [1.82, 2.24) is 0 Å². The fourth-order valence-electron chi connectivity index (χ4n) is 3.15. The summed E-state index contributed by atoms with van der Waals surface area (Å²) in [4.78, 5) is 0. The van der Waals surface area contributed by atoms with Crippen LogP contribution in [0.4, 0.5) is 0 Å². The molecule has 2 atom stereocenters. The van der Waals surface area contributed by atoms with Crippen LogP contribution in [0.5, 0.6) is 0 Å². The highest BCUT2D eigenvalue weighted by Crippen LogP contribution is 2.37. The van der Waals surface area contributed by atoms with E-state index in [0.717, 1.165) is 44.9 Å². The number of rotatable bonds is 20. The first-order valence-electron chi connectivity index (χ1n) is 12.5. The summed E-state index contributed by atoms with van der Waals surface area (Å²) in [7, 11) is -3.07. The molecule has 1 rings (SSSR count). The van der Waals surface area contributed by atoms with E-state index in [-0.39, 0.29) is 12.0 Å². The van der Waals surface area contributed by atoms with E-state index in [1.807, 2.05) is 27.7 Å². The monoisotopic (exact) mass is 464 g/mol. The molecule has 31 heavy (non-hydrogen) atoms. The van der Waals surface area contributed by atoms with Crippen molar-refractivity contribution in [2.45, 2.75) is 131 Å². The number of unbranched alkanes of at least 4 members (excludes halogenated alkanes) is 3. The van der Waals surface area contributed by atoms with Gasteiger partial charge >= 0.3 is 8.80 Å². The van der Waals surface area contributed by atoms with Crippen molar-refractivity contribution >= 4 is 8.80 Å². The maximum Gasteiger partial charge on any atom is 0.531 e. The molecule has 0 saturated carbocycles. The lowest BCUT2D eigenvalue weighted by atomic mass is 10.3. The topological polar surface area (TPSA) is 64.6 Å². The lowest BCUT2D eigenvalue weighted by molar-refractivity contribution is -0.559. The van der Waals surface area contributed by atoms with Gasteiger partial charge in [-0.05, 0) is 39.0 Å². The molecule has 1 aliphatic rings. The lowest BCUT2D eigenvalue weighted by Gasteiger charge is -2.47. The summed E-state index contributed by atoms with van der Waals surface area (Å²) >= 11 is 0. The summed E-state index contributed by atoms with van der Waals surface area (Å²) < 4.78 is 43.3. The minimum atomic E-state index is -3.07. The lowest BCUT2D eigenvalue weighted by Crippen LogP contribution is -2.60. The minimum Gasteiger partial charge on any atom is -0.372 e. The molecule has 1 heterocycles. The molecule has 186 valence electrons. The minimum absolute atomic E-state index is 0.213. The standard InChI is InChI=1S/C23H48O7Si/c1-8-14-17-24-31(25-18-15-9-2,26-19-16-10-3)20(7)27-21(11-4)28-23(13-6)29-22(12-5)30-23/h20-22H,8-19H2,1-7H3. The van der Waals surface area contributed by atoms with Crippen LogP contribution in [0.15, 0.2) is 0 Å². The predicted molar refractivity (Wildman–Crippen MR) is 123 cm³/mol. The van der Waals surface area contributed by atoms with E-state index >= 15 is 0 Å². The van der Waals surface area contributed by atoms with Gasteiger partial charge in [-0.1, -0.05) is 60.8 Å². The molecule has 0 amide bonds. The highest BCUT2D eigenvalue weighted by atomic mass is 28.4. The second-order valence-corrected chi connectivity index (χ2v) is 10.9. The summed E-state index contributed by atoms with van der Waals surface area (Å²) in [6, 6.07) is 0. The molecule has 1 saturated heterocycles. The van der Waals surface area contributed by atoms with Crippen LogP contribution in [0.2, 0.25) is 0 Å². The van der Waals surface area contributed by atoms with E-state index < -0.39 is 21.1 Å². The van der Waals surface area contributed by atoms with Gasteiger partial charge in [0.05, 0.1) is 0 Å². The Morgan fingerprint density at radius 3 is 1.65 bits per heavy atom. The van der Waals surface area contributed by atoms with Crippen LogP contribution in [0.25, 0.3) is 0 Å². The fourth-order valence-corrected chi connectivity index (χ4v) is 5.71. The van der Waals surface area contributed by atoms with Gasteiger partial charge in [0.15, 0.2) is 12.6 Å². The SMILES string of the molecule is CCCCO[Si](OCCCC)(OCCCC)C(C)OC(CC)OC1(CC)OC(CC)O1. The molecular weight excluding hydrogens is 416 g/mol. The van der Waals surface area contributed by atoms with Crippen LogP contribution in [-0.2, 0) is 32.2 Å². The molecule has 1 aliphatic heterocycles. The third-order valence-electron chi connectivity index (χ3n) is 5.29. The normalized spacial score (nSPS) is 23.5. The Bertz CT molecular complexity index is 419. The van der Waals surface area contributed by atoms with Gasteiger partial charge in [0, 0.05) is 26.2 Å². The largest absolute Gasteiger partial charge is 0.531 e. The van der Waals surface area contributed by atoms with E-state index in [0.29, 0.717) is 32.7 Å². The van der Waals surface area contributed by atoms with Crippen molar-refractivity contribution in [3.63, 3.8) is 0 Å². The summed E-state index contributed by atoms with van der Waals surface area (Å²) in [5.41, 5.74) is -0.362. The molecule has 2 unspecified atom stereocenters. The van der Waals surface area contributed by atoms with Crippen LogP contribution >= 0.6 is 0 Å². The van der Waals surface area contributed by atoms with Crippen molar-refractivity contribution in [3.05, 3.63) is 0 Å². The van der Waals surface area contributed by atoms with Gasteiger partial charge in [0.25, 0.3) is 5.97 Å². The van der Waals surface area contributed by atoms with E-state index in [1.54, 1.807) is 0 Å². The first-order chi connectivity index (χ1) is 14.9. The smallest absolute Gasteiger partial charge is 0.372 e. The first-order valence-corrected chi connectivity index (χ1v) is 14.4. The Balaban J connectivity index is 2.89. The van der Waals surface area contributed by atoms with E-state index in [1.165, 1.54) is 0 Å². The molecule has 0 aliphatic carbocycles. The third kappa shape index (κ3) is 9.37. The highest BCUT2D eigenvalue weighted by molar-refractivity contribution is 6.62. The molecular formula is C23H48O7Si. The zero-order valence-electron chi connectivity index (χ0n) is 21.1. The van der Waals surface area contributed by atoms with Gasteiger partial charge in [-0.15, -0.1) is 0 Å². The maximum absolute atomic E-state index is 6.36. The Kier molecular flexibility index (Phi) is 14.7. The summed E-state index contributed by atoms with van der Waals surface area (Å²) in [5, 5.41) is 0. The fraction of sp³-hybridized carbons (Fsp3) is 1.00. The molecule has 1 fully saturated rings. The van der Waals surface area contributed by atoms with E-state index in [2.05, 4.69) is 20.8 Å². The van der Waals surface area contributed by atoms with Gasteiger partial charge in [-0.25, -0.2) is 0 Å². The van der Waals surface area contributed by atoms with Crippen molar-refractivity contribution in [1.29, 1.82) is 0 Å². The van der Waals surface area contributed by atoms with Gasteiger partial charge in [0.2, 0.25) is 0 Å². The molecule has 0 radical (unpaired) electrons. The molecule has 0 aromatic carbocycles. The molecule has 0 N–H and O–H groups in total. The Hall–Kier alpha value is -0.0631. The average Bonchev–Trinajstić information content (AvgIpc) is 2.75. The summed E-state index contributed by atoms with van der Waals surface area (Å²) in [6.45, 7) is 16.3. The van der Waals surface area contributed by atoms with Crippen molar-refractivity contribution in [2.24, 2.45) is 0 Å². The highest BCUT2D eigenvalue weighted by Gasteiger charge is 2.52. The molecule has 8 heteroatoms. The number of ether oxygens (including phenoxy) is 4. The Labute approximate surface area is 191 Å². The summed E-state index contributed by atoms with van der Waals surface area (Å²) in [5.74, 6) is -1.03. The predicted octanol–water partition coefficient (Wildman–Crippen LogP) is 5.92. The molecule has 7 nitrogen and oxygen atoms in total. The van der Waals surface area contributed by atoms with Gasteiger partial charge in [-0.2, -0.15) is 0 Å². The second-order valence-electron chi connectivity index (χ2n) is 8.05. The molecule has 0 aromatic heterocycles. The maximum atomic E-state index is 6.36.